The molecule has 150 valence electrons. The van der Waals surface area contributed by atoms with Crippen molar-refractivity contribution in [3.63, 3.8) is 0 Å². The van der Waals surface area contributed by atoms with E-state index >= 15 is 0 Å². The first-order chi connectivity index (χ1) is 13.7. The summed E-state index contributed by atoms with van der Waals surface area (Å²) in [6.07, 6.45) is 12.7. The Kier molecular flexibility index (Phi) is 6.63. The molecule has 2 aliphatic rings. The van der Waals surface area contributed by atoms with E-state index in [0.717, 1.165) is 56.4 Å². The van der Waals surface area contributed by atoms with Crippen molar-refractivity contribution >= 4 is 23.6 Å². The fourth-order valence-electron chi connectivity index (χ4n) is 4.36. The molecule has 3 heterocycles. The van der Waals surface area contributed by atoms with Crippen molar-refractivity contribution in [2.75, 3.05) is 32.7 Å². The zero-order valence-corrected chi connectivity index (χ0v) is 18.1. The lowest BCUT2D eigenvalue weighted by Crippen LogP contribution is -2.46. The standard InChI is InChI=1S/C21H29N5S2/c1-2-10-23-11-13-24(14-12-23)17-25-21(27)26(18-7-4-3-5-8-18)20(22-25)16-19-9-6-15-28-19/h1,6,9,15,18H,3-5,7-8,10-14,16-17H2. The largest absolute Gasteiger partial charge is 0.301 e. The summed E-state index contributed by atoms with van der Waals surface area (Å²) in [4.78, 5) is 6.13. The van der Waals surface area contributed by atoms with Gasteiger partial charge in [0.1, 0.15) is 5.82 Å². The Morgan fingerprint density at radius 3 is 2.57 bits per heavy atom. The fourth-order valence-corrected chi connectivity index (χ4v) is 5.41. The molecule has 0 unspecified atom stereocenters. The fraction of sp³-hybridized carbons (Fsp3) is 0.619. The van der Waals surface area contributed by atoms with Crippen molar-refractivity contribution in [1.82, 2.24) is 24.1 Å². The highest BCUT2D eigenvalue weighted by molar-refractivity contribution is 7.71. The summed E-state index contributed by atoms with van der Waals surface area (Å²) in [6.45, 7) is 5.58. The Bertz CT molecular complexity index is 846. The third-order valence-electron chi connectivity index (χ3n) is 5.91. The van der Waals surface area contributed by atoms with Crippen LogP contribution in [0.2, 0.25) is 0 Å². The second-order valence-corrected chi connectivity index (χ2v) is 9.25. The minimum absolute atomic E-state index is 0.512. The zero-order chi connectivity index (χ0) is 19.3. The highest BCUT2D eigenvalue weighted by Crippen LogP contribution is 2.30. The van der Waals surface area contributed by atoms with Crippen LogP contribution in [-0.2, 0) is 13.1 Å². The van der Waals surface area contributed by atoms with Crippen LogP contribution in [0.3, 0.4) is 0 Å². The van der Waals surface area contributed by atoms with Crippen molar-refractivity contribution in [3.05, 3.63) is 33.0 Å². The number of terminal acetylenes is 1. The molecule has 0 aromatic carbocycles. The van der Waals surface area contributed by atoms with Gasteiger partial charge in [0.15, 0.2) is 4.77 Å². The number of hydrogen-bond acceptors (Lipinski definition) is 5. The maximum Gasteiger partial charge on any atom is 0.199 e. The molecule has 1 saturated carbocycles. The molecular formula is C21H29N5S2. The maximum atomic E-state index is 5.93. The lowest BCUT2D eigenvalue weighted by molar-refractivity contribution is 0.111. The van der Waals surface area contributed by atoms with Crippen molar-refractivity contribution < 1.29 is 0 Å². The van der Waals surface area contributed by atoms with E-state index in [2.05, 4.69) is 42.5 Å². The number of hydrogen-bond donors (Lipinski definition) is 0. The molecular weight excluding hydrogens is 386 g/mol. The minimum Gasteiger partial charge on any atom is -0.301 e. The van der Waals surface area contributed by atoms with Gasteiger partial charge in [-0.1, -0.05) is 31.2 Å². The van der Waals surface area contributed by atoms with Crippen LogP contribution < -0.4 is 0 Å². The molecule has 1 aliphatic carbocycles. The van der Waals surface area contributed by atoms with Gasteiger partial charge in [0, 0.05) is 43.5 Å². The monoisotopic (exact) mass is 415 g/mol. The molecule has 2 fully saturated rings. The Morgan fingerprint density at radius 2 is 1.89 bits per heavy atom. The summed E-state index contributed by atoms with van der Waals surface area (Å²) in [6, 6.07) is 4.83. The molecule has 5 nitrogen and oxygen atoms in total. The molecule has 2 aromatic heterocycles. The average Bonchev–Trinajstić information content (AvgIpc) is 3.33. The molecule has 4 rings (SSSR count). The van der Waals surface area contributed by atoms with Gasteiger partial charge < -0.3 is 4.57 Å². The average molecular weight is 416 g/mol. The molecule has 0 radical (unpaired) electrons. The van der Waals surface area contributed by atoms with Gasteiger partial charge in [-0.25, -0.2) is 4.68 Å². The molecule has 7 heteroatoms. The Hall–Kier alpha value is -1.46. The third kappa shape index (κ3) is 4.57. The van der Waals surface area contributed by atoms with Crippen LogP contribution in [0.15, 0.2) is 17.5 Å². The van der Waals surface area contributed by atoms with Gasteiger partial charge in [-0.15, -0.1) is 17.8 Å². The Balaban J connectivity index is 1.53. The lowest BCUT2D eigenvalue weighted by Gasteiger charge is -2.33. The van der Waals surface area contributed by atoms with E-state index in [0.29, 0.717) is 6.04 Å². The summed E-state index contributed by atoms with van der Waals surface area (Å²) >= 11 is 7.73. The van der Waals surface area contributed by atoms with E-state index in [1.54, 1.807) is 11.3 Å². The smallest absolute Gasteiger partial charge is 0.199 e. The predicted octanol–water partition coefficient (Wildman–Crippen LogP) is 3.78. The van der Waals surface area contributed by atoms with Crippen molar-refractivity contribution in [3.8, 4) is 12.3 Å². The lowest BCUT2D eigenvalue weighted by atomic mass is 9.95. The molecule has 1 saturated heterocycles. The summed E-state index contributed by atoms with van der Waals surface area (Å²) < 4.78 is 5.33. The summed E-state index contributed by atoms with van der Waals surface area (Å²) in [5.41, 5.74) is 0. The topological polar surface area (TPSA) is 29.2 Å². The van der Waals surface area contributed by atoms with E-state index in [1.807, 2.05) is 0 Å². The number of nitrogens with zero attached hydrogens (tertiary/aromatic N) is 5. The maximum absolute atomic E-state index is 5.93. The van der Waals surface area contributed by atoms with Crippen molar-refractivity contribution in [1.29, 1.82) is 0 Å². The highest BCUT2D eigenvalue weighted by Gasteiger charge is 2.23. The van der Waals surface area contributed by atoms with Crippen LogP contribution in [0.4, 0.5) is 0 Å². The molecule has 0 spiro atoms. The van der Waals surface area contributed by atoms with Gasteiger partial charge in [0.05, 0.1) is 13.2 Å². The van der Waals surface area contributed by atoms with Crippen LogP contribution in [0.1, 0.15) is 48.8 Å². The van der Waals surface area contributed by atoms with Crippen LogP contribution in [0, 0.1) is 17.1 Å². The summed E-state index contributed by atoms with van der Waals surface area (Å²) in [5, 5.41) is 7.14. The highest BCUT2D eigenvalue weighted by atomic mass is 32.1. The first kappa shape index (κ1) is 19.8. The van der Waals surface area contributed by atoms with E-state index in [-0.39, 0.29) is 0 Å². The number of thiophene rings is 1. The molecule has 2 aromatic rings. The molecule has 1 aliphatic heterocycles. The van der Waals surface area contributed by atoms with E-state index < -0.39 is 0 Å². The molecule has 28 heavy (non-hydrogen) atoms. The van der Waals surface area contributed by atoms with Gasteiger partial charge in [-0.2, -0.15) is 5.10 Å². The van der Waals surface area contributed by atoms with Crippen molar-refractivity contribution in [2.45, 2.75) is 51.2 Å². The Labute approximate surface area is 177 Å². The van der Waals surface area contributed by atoms with Gasteiger partial charge in [0.2, 0.25) is 0 Å². The van der Waals surface area contributed by atoms with Gasteiger partial charge in [-0.3, -0.25) is 9.80 Å². The van der Waals surface area contributed by atoms with Crippen molar-refractivity contribution in [2.24, 2.45) is 0 Å². The zero-order valence-electron chi connectivity index (χ0n) is 16.4. The van der Waals surface area contributed by atoms with Gasteiger partial charge in [-0.05, 0) is 36.5 Å². The molecule has 0 atom stereocenters. The normalized spacial score (nSPS) is 19.7. The summed E-state index contributed by atoms with van der Waals surface area (Å²) in [7, 11) is 0. The SMILES string of the molecule is C#CCN1CCN(Cn2nc(Cc3cccs3)n(C3CCCCC3)c2=S)CC1. The molecule has 0 amide bonds. The quantitative estimate of drug-likeness (QED) is 0.530. The number of rotatable bonds is 6. The molecule has 0 N–H and O–H groups in total. The first-order valence-electron chi connectivity index (χ1n) is 10.3. The van der Waals surface area contributed by atoms with Crippen LogP contribution in [0.25, 0.3) is 0 Å². The molecule has 0 bridgehead atoms. The number of aromatic nitrogens is 3. The van der Waals surface area contributed by atoms with Crippen LogP contribution >= 0.6 is 23.6 Å². The van der Waals surface area contributed by atoms with Gasteiger partial charge >= 0.3 is 0 Å². The second-order valence-electron chi connectivity index (χ2n) is 7.86. The number of piperazine rings is 1. The minimum atomic E-state index is 0.512. The van der Waals surface area contributed by atoms with Crippen LogP contribution in [0.5, 0.6) is 0 Å². The predicted molar refractivity (Wildman–Crippen MR) is 117 cm³/mol. The van der Waals surface area contributed by atoms with E-state index in [4.69, 9.17) is 23.7 Å². The third-order valence-corrected chi connectivity index (χ3v) is 7.19. The first-order valence-corrected chi connectivity index (χ1v) is 11.6. The van der Waals surface area contributed by atoms with E-state index in [9.17, 15) is 0 Å². The van der Waals surface area contributed by atoms with E-state index in [1.165, 1.54) is 37.0 Å². The van der Waals surface area contributed by atoms with Crippen LogP contribution in [-0.4, -0.2) is 56.9 Å². The Morgan fingerprint density at radius 1 is 1.14 bits per heavy atom. The second kappa shape index (κ2) is 9.36. The summed E-state index contributed by atoms with van der Waals surface area (Å²) in [5.74, 6) is 3.88. The van der Waals surface area contributed by atoms with Gasteiger partial charge in [0.25, 0.3) is 0 Å².